The Balaban J connectivity index is 1.22. The predicted molar refractivity (Wildman–Crippen MR) is 140 cm³/mol. The van der Waals surface area contributed by atoms with E-state index in [2.05, 4.69) is 45.9 Å². The molecule has 35 heavy (non-hydrogen) atoms. The molecule has 0 aliphatic rings. The Kier molecular flexibility index (Phi) is 8.76. The lowest BCUT2D eigenvalue weighted by atomic mass is 10.0. The van der Waals surface area contributed by atoms with Crippen molar-refractivity contribution in [3.63, 3.8) is 0 Å². The van der Waals surface area contributed by atoms with Crippen LogP contribution in [0.15, 0.2) is 103 Å². The summed E-state index contributed by atoms with van der Waals surface area (Å²) in [6.07, 6.45) is 5.48. The van der Waals surface area contributed by atoms with Crippen molar-refractivity contribution in [1.82, 2.24) is 10.3 Å². The number of aryl methyl sites for hydroxylation is 2. The fourth-order valence-electron chi connectivity index (χ4n) is 3.92. The van der Waals surface area contributed by atoms with E-state index in [-0.39, 0.29) is 5.91 Å². The number of hydrogen-bond acceptors (Lipinski definition) is 4. The highest BCUT2D eigenvalue weighted by Gasteiger charge is 2.08. The van der Waals surface area contributed by atoms with Gasteiger partial charge in [0.25, 0.3) is 5.91 Å². The summed E-state index contributed by atoms with van der Waals surface area (Å²) in [5, 5.41) is 16.5. The maximum atomic E-state index is 12.8. The van der Waals surface area contributed by atoms with Crippen LogP contribution in [0.4, 0.5) is 5.69 Å². The third kappa shape index (κ3) is 7.60. The number of carbonyl (C=O) groups is 1. The van der Waals surface area contributed by atoms with Gasteiger partial charge in [-0.15, -0.1) is 0 Å². The van der Waals surface area contributed by atoms with Gasteiger partial charge in [-0.05, 0) is 72.8 Å². The Morgan fingerprint density at radius 3 is 2.31 bits per heavy atom. The van der Waals surface area contributed by atoms with Crippen LogP contribution in [0.3, 0.4) is 0 Å². The topological polar surface area (TPSA) is 74.2 Å². The van der Waals surface area contributed by atoms with E-state index >= 15 is 0 Å². The number of aliphatic hydroxyl groups excluding tert-OH is 1. The quantitative estimate of drug-likeness (QED) is 0.273. The lowest BCUT2D eigenvalue weighted by Gasteiger charge is -2.12. The molecule has 4 aromatic rings. The van der Waals surface area contributed by atoms with Gasteiger partial charge in [-0.2, -0.15) is 0 Å². The predicted octanol–water partition coefficient (Wildman–Crippen LogP) is 4.98. The molecule has 3 N–H and O–H groups in total. The average molecular weight is 466 g/mol. The Bertz CT molecular complexity index is 1200. The number of amides is 1. The molecule has 0 bridgehead atoms. The van der Waals surface area contributed by atoms with Gasteiger partial charge in [0.05, 0.1) is 6.10 Å². The number of nitrogens with one attached hydrogen (secondary N) is 2. The van der Waals surface area contributed by atoms with E-state index in [0.717, 1.165) is 48.2 Å². The monoisotopic (exact) mass is 465 g/mol. The van der Waals surface area contributed by atoms with Crippen molar-refractivity contribution >= 4 is 11.6 Å². The van der Waals surface area contributed by atoms with Crippen LogP contribution < -0.4 is 10.6 Å². The molecule has 0 fully saturated rings. The molecule has 178 valence electrons. The molecule has 5 heteroatoms. The van der Waals surface area contributed by atoms with Crippen LogP contribution in [0.2, 0.25) is 0 Å². The number of anilines is 1. The molecule has 0 aliphatic carbocycles. The van der Waals surface area contributed by atoms with Crippen molar-refractivity contribution in [3.05, 3.63) is 131 Å². The van der Waals surface area contributed by atoms with Gasteiger partial charge in [-0.1, -0.05) is 60.7 Å². The second kappa shape index (κ2) is 12.6. The van der Waals surface area contributed by atoms with Gasteiger partial charge in [0.1, 0.15) is 0 Å². The highest BCUT2D eigenvalue weighted by atomic mass is 16.3. The van der Waals surface area contributed by atoms with Gasteiger partial charge in [0.15, 0.2) is 0 Å². The summed E-state index contributed by atoms with van der Waals surface area (Å²) in [7, 11) is 0. The third-order valence-electron chi connectivity index (χ3n) is 5.94. The van der Waals surface area contributed by atoms with Gasteiger partial charge >= 0.3 is 0 Å². The summed E-state index contributed by atoms with van der Waals surface area (Å²) in [6.45, 7) is 1.23. The largest absolute Gasteiger partial charge is 0.387 e. The summed E-state index contributed by atoms with van der Waals surface area (Å²) >= 11 is 0. The summed E-state index contributed by atoms with van der Waals surface area (Å²) in [5.41, 5.74) is 5.85. The smallest absolute Gasteiger partial charge is 0.255 e. The lowest BCUT2D eigenvalue weighted by molar-refractivity contribution is 0.102. The Labute approximate surface area is 206 Å². The molecule has 0 spiro atoms. The number of aromatic nitrogens is 1. The van der Waals surface area contributed by atoms with Crippen LogP contribution in [-0.2, 0) is 19.3 Å². The second-order valence-electron chi connectivity index (χ2n) is 8.59. The minimum atomic E-state index is -0.571. The van der Waals surface area contributed by atoms with Gasteiger partial charge < -0.3 is 15.7 Å². The fraction of sp³-hybridized carbons (Fsp3) is 0.200. The maximum Gasteiger partial charge on any atom is 0.255 e. The molecule has 0 radical (unpaired) electrons. The van der Waals surface area contributed by atoms with E-state index < -0.39 is 6.10 Å². The fourth-order valence-corrected chi connectivity index (χ4v) is 3.92. The summed E-state index contributed by atoms with van der Waals surface area (Å²) in [5.74, 6) is -0.106. The Morgan fingerprint density at radius 2 is 1.54 bits per heavy atom. The van der Waals surface area contributed by atoms with E-state index in [9.17, 15) is 9.90 Å². The highest BCUT2D eigenvalue weighted by Crippen LogP contribution is 2.15. The molecule has 1 heterocycles. The van der Waals surface area contributed by atoms with E-state index in [4.69, 9.17) is 0 Å². The van der Waals surface area contributed by atoms with Crippen LogP contribution in [0.1, 0.15) is 38.7 Å². The van der Waals surface area contributed by atoms with E-state index in [1.54, 1.807) is 12.4 Å². The lowest BCUT2D eigenvalue weighted by Crippen LogP contribution is -2.23. The molecular weight excluding hydrogens is 434 g/mol. The first-order valence-electron chi connectivity index (χ1n) is 12.0. The molecule has 1 atom stereocenters. The van der Waals surface area contributed by atoms with Crippen LogP contribution in [0, 0.1) is 0 Å². The van der Waals surface area contributed by atoms with Crippen molar-refractivity contribution in [2.45, 2.75) is 25.4 Å². The number of pyridine rings is 1. The molecule has 0 saturated carbocycles. The molecule has 3 aromatic carbocycles. The minimum absolute atomic E-state index is 0.106. The third-order valence-corrected chi connectivity index (χ3v) is 5.94. The van der Waals surface area contributed by atoms with E-state index in [1.807, 2.05) is 60.7 Å². The van der Waals surface area contributed by atoms with Gasteiger partial charge in [-0.25, -0.2) is 0 Å². The van der Waals surface area contributed by atoms with Crippen molar-refractivity contribution < 1.29 is 9.90 Å². The number of nitrogens with zero attached hydrogens (tertiary/aromatic N) is 1. The van der Waals surface area contributed by atoms with E-state index in [0.29, 0.717) is 12.1 Å². The van der Waals surface area contributed by atoms with Gasteiger partial charge in [0.2, 0.25) is 0 Å². The highest BCUT2D eigenvalue weighted by molar-refractivity contribution is 6.04. The SMILES string of the molecule is O=C(Nc1ccc(CCNC[C@H](O)c2cccnc2)cc1)c1cccc(CCc2ccccc2)c1. The van der Waals surface area contributed by atoms with Crippen LogP contribution in [-0.4, -0.2) is 29.1 Å². The zero-order chi connectivity index (χ0) is 24.3. The average Bonchev–Trinajstić information content (AvgIpc) is 2.92. The maximum absolute atomic E-state index is 12.8. The molecule has 5 nitrogen and oxygen atoms in total. The number of rotatable bonds is 11. The van der Waals surface area contributed by atoms with Gasteiger partial charge in [-0.3, -0.25) is 9.78 Å². The van der Waals surface area contributed by atoms with Gasteiger partial charge in [0, 0.05) is 35.8 Å². The Morgan fingerprint density at radius 1 is 0.800 bits per heavy atom. The van der Waals surface area contributed by atoms with Crippen molar-refractivity contribution in [2.24, 2.45) is 0 Å². The number of hydrogen-bond donors (Lipinski definition) is 3. The zero-order valence-electron chi connectivity index (χ0n) is 19.7. The summed E-state index contributed by atoms with van der Waals surface area (Å²) < 4.78 is 0. The minimum Gasteiger partial charge on any atom is -0.387 e. The first-order valence-corrected chi connectivity index (χ1v) is 12.0. The van der Waals surface area contributed by atoms with Crippen molar-refractivity contribution in [1.29, 1.82) is 0 Å². The van der Waals surface area contributed by atoms with Crippen molar-refractivity contribution in [3.8, 4) is 0 Å². The normalized spacial score (nSPS) is 11.7. The standard InChI is InChI=1S/C30H31N3O2/c34-29(27-10-5-18-31-21-27)22-32-19-17-24-13-15-28(16-14-24)33-30(35)26-9-4-8-25(20-26)12-11-23-6-2-1-3-7-23/h1-10,13-16,18,20-21,29,32,34H,11-12,17,19,22H2,(H,33,35)/t29-/m0/s1. The summed E-state index contributed by atoms with van der Waals surface area (Å²) in [4.78, 5) is 16.8. The molecule has 1 aromatic heterocycles. The Hall–Kier alpha value is -3.80. The number of carbonyl (C=O) groups excluding carboxylic acids is 1. The molecular formula is C30H31N3O2. The zero-order valence-corrected chi connectivity index (χ0v) is 19.7. The van der Waals surface area contributed by atoms with Crippen LogP contribution in [0.25, 0.3) is 0 Å². The van der Waals surface area contributed by atoms with E-state index in [1.165, 1.54) is 5.56 Å². The molecule has 0 saturated heterocycles. The second-order valence-corrected chi connectivity index (χ2v) is 8.59. The first kappa shape index (κ1) is 24.3. The van der Waals surface area contributed by atoms with Crippen LogP contribution >= 0.6 is 0 Å². The molecule has 1 amide bonds. The molecule has 4 rings (SSSR count). The molecule has 0 unspecified atom stereocenters. The first-order chi connectivity index (χ1) is 17.2. The van der Waals surface area contributed by atoms with Crippen molar-refractivity contribution in [2.75, 3.05) is 18.4 Å². The number of aliphatic hydroxyl groups is 1. The summed E-state index contributed by atoms with van der Waals surface area (Å²) in [6, 6.07) is 29.8. The van der Waals surface area contributed by atoms with Crippen LogP contribution in [0.5, 0.6) is 0 Å². The molecule has 0 aliphatic heterocycles. The number of benzene rings is 3.